The molecule has 0 atom stereocenters. The highest BCUT2D eigenvalue weighted by Gasteiger charge is 2.17. The predicted octanol–water partition coefficient (Wildman–Crippen LogP) is 3.09. The van der Waals surface area contributed by atoms with E-state index in [9.17, 15) is 8.78 Å². The number of pyridine rings is 1. The second kappa shape index (κ2) is 4.47. The van der Waals surface area contributed by atoms with E-state index in [1.807, 2.05) is 0 Å². The number of alkyl halides is 3. The summed E-state index contributed by atoms with van der Waals surface area (Å²) in [6, 6.07) is 3.13. The van der Waals surface area contributed by atoms with Gasteiger partial charge in [0.25, 0.3) is 6.43 Å². The van der Waals surface area contributed by atoms with Crippen molar-refractivity contribution in [3.63, 3.8) is 0 Å². The minimum absolute atomic E-state index is 0.00181. The molecule has 0 fully saturated rings. The first-order chi connectivity index (χ1) is 6.60. The van der Waals surface area contributed by atoms with Crippen molar-refractivity contribution in [1.82, 2.24) is 4.98 Å². The Morgan fingerprint density at radius 3 is 2.71 bits per heavy atom. The topological polar surface area (TPSA) is 36.7 Å². The van der Waals surface area contributed by atoms with Crippen molar-refractivity contribution in [2.45, 2.75) is 18.7 Å². The summed E-state index contributed by atoms with van der Waals surface area (Å²) < 4.78 is 25.0. The van der Waals surface area contributed by atoms with E-state index < -0.39 is 6.43 Å². The molecule has 1 aromatic heterocycles. The van der Waals surface area contributed by atoms with Crippen LogP contribution in [0.2, 0.25) is 0 Å². The Bertz CT molecular complexity index is 385. The molecular formula is C9H7BrF2N2. The summed E-state index contributed by atoms with van der Waals surface area (Å²) in [7, 11) is 0. The third-order valence-electron chi connectivity index (χ3n) is 1.78. The zero-order valence-corrected chi connectivity index (χ0v) is 8.98. The number of aryl methyl sites for hydroxylation is 1. The third-order valence-corrected chi connectivity index (χ3v) is 2.35. The third kappa shape index (κ3) is 2.07. The first-order valence-corrected chi connectivity index (χ1v) is 4.97. The minimum atomic E-state index is -2.65. The average Bonchev–Trinajstić information content (AvgIpc) is 2.15. The Morgan fingerprint density at radius 1 is 1.64 bits per heavy atom. The van der Waals surface area contributed by atoms with Gasteiger partial charge in [-0.05, 0) is 13.0 Å². The van der Waals surface area contributed by atoms with Crippen LogP contribution in [-0.4, -0.2) is 4.98 Å². The van der Waals surface area contributed by atoms with Crippen LogP contribution >= 0.6 is 15.9 Å². The molecular weight excluding hydrogens is 254 g/mol. The molecule has 0 aliphatic heterocycles. The molecule has 0 radical (unpaired) electrons. The Hall–Kier alpha value is -1.02. The Balaban J connectivity index is 3.37. The van der Waals surface area contributed by atoms with Gasteiger partial charge in [-0.1, -0.05) is 15.9 Å². The van der Waals surface area contributed by atoms with Gasteiger partial charge < -0.3 is 0 Å². The highest BCUT2D eigenvalue weighted by Crippen LogP contribution is 2.26. The van der Waals surface area contributed by atoms with Crippen LogP contribution in [0.4, 0.5) is 8.78 Å². The van der Waals surface area contributed by atoms with E-state index >= 15 is 0 Å². The molecule has 0 aromatic carbocycles. The molecule has 5 heteroatoms. The number of nitrogens with zero attached hydrogens (tertiary/aromatic N) is 2. The second-order valence-corrected chi connectivity index (χ2v) is 3.27. The lowest BCUT2D eigenvalue weighted by atomic mass is 10.1. The molecule has 1 aromatic rings. The highest BCUT2D eigenvalue weighted by atomic mass is 79.9. The summed E-state index contributed by atoms with van der Waals surface area (Å²) in [5.74, 6) is 0. The molecule has 0 amide bonds. The van der Waals surface area contributed by atoms with E-state index in [2.05, 4.69) is 20.9 Å². The molecule has 0 N–H and O–H groups in total. The standard InChI is InChI=1S/C9H7BrF2N2/c1-5-8(9(11)12)6(4-13)2-7(3-10)14-5/h2,9H,3H2,1H3. The van der Waals surface area contributed by atoms with Crippen molar-refractivity contribution in [2.75, 3.05) is 0 Å². The van der Waals surface area contributed by atoms with E-state index in [1.165, 1.54) is 13.0 Å². The lowest BCUT2D eigenvalue weighted by Crippen LogP contribution is -2.00. The molecule has 0 aliphatic rings. The van der Waals surface area contributed by atoms with Crippen LogP contribution in [0.1, 0.15) is 28.9 Å². The van der Waals surface area contributed by atoms with E-state index in [1.54, 1.807) is 6.07 Å². The number of rotatable bonds is 2. The average molecular weight is 261 g/mol. The molecule has 0 unspecified atom stereocenters. The van der Waals surface area contributed by atoms with Gasteiger partial charge >= 0.3 is 0 Å². The summed E-state index contributed by atoms with van der Waals surface area (Å²) in [6.07, 6.45) is -2.65. The van der Waals surface area contributed by atoms with Gasteiger partial charge in [-0.2, -0.15) is 5.26 Å². The monoisotopic (exact) mass is 260 g/mol. The SMILES string of the molecule is Cc1nc(CBr)cc(C#N)c1C(F)F. The number of hydrogen-bond donors (Lipinski definition) is 0. The molecule has 74 valence electrons. The Labute approximate surface area is 88.7 Å². The number of halogens is 3. The summed E-state index contributed by atoms with van der Waals surface area (Å²) in [5, 5.41) is 9.14. The van der Waals surface area contributed by atoms with E-state index in [-0.39, 0.29) is 16.8 Å². The quantitative estimate of drug-likeness (QED) is 0.767. The predicted molar refractivity (Wildman–Crippen MR) is 51.3 cm³/mol. The minimum Gasteiger partial charge on any atom is -0.257 e. The van der Waals surface area contributed by atoms with E-state index in [0.717, 1.165) is 0 Å². The second-order valence-electron chi connectivity index (χ2n) is 2.71. The maximum atomic E-state index is 12.5. The van der Waals surface area contributed by atoms with E-state index in [4.69, 9.17) is 5.26 Å². The highest BCUT2D eigenvalue weighted by molar-refractivity contribution is 9.08. The Kier molecular flexibility index (Phi) is 3.53. The van der Waals surface area contributed by atoms with Crippen molar-refractivity contribution in [1.29, 1.82) is 5.26 Å². The van der Waals surface area contributed by atoms with Crippen molar-refractivity contribution in [3.8, 4) is 6.07 Å². The normalized spacial score (nSPS) is 10.3. The van der Waals surface area contributed by atoms with Crippen molar-refractivity contribution < 1.29 is 8.78 Å². The zero-order valence-electron chi connectivity index (χ0n) is 7.39. The van der Waals surface area contributed by atoms with Crippen LogP contribution in [-0.2, 0) is 5.33 Å². The number of aromatic nitrogens is 1. The lowest BCUT2D eigenvalue weighted by molar-refractivity contribution is 0.149. The van der Waals surface area contributed by atoms with Crippen molar-refractivity contribution >= 4 is 15.9 Å². The van der Waals surface area contributed by atoms with Crippen LogP contribution in [0.3, 0.4) is 0 Å². The van der Waals surface area contributed by atoms with Crippen LogP contribution in [0, 0.1) is 18.3 Å². The fourth-order valence-corrected chi connectivity index (χ4v) is 1.47. The fraction of sp³-hybridized carbons (Fsp3) is 0.333. The lowest BCUT2D eigenvalue weighted by Gasteiger charge is -2.07. The van der Waals surface area contributed by atoms with Gasteiger partial charge in [0.05, 0.1) is 22.9 Å². The molecule has 1 rings (SSSR count). The molecule has 1 heterocycles. The van der Waals surface area contributed by atoms with Gasteiger partial charge in [0.15, 0.2) is 0 Å². The van der Waals surface area contributed by atoms with Crippen LogP contribution < -0.4 is 0 Å². The number of nitriles is 1. The maximum Gasteiger partial charge on any atom is 0.266 e. The molecule has 0 spiro atoms. The van der Waals surface area contributed by atoms with Crippen LogP contribution in [0.15, 0.2) is 6.07 Å². The van der Waals surface area contributed by atoms with Crippen LogP contribution in [0.25, 0.3) is 0 Å². The van der Waals surface area contributed by atoms with Crippen molar-refractivity contribution in [2.24, 2.45) is 0 Å². The summed E-state index contributed by atoms with van der Waals surface area (Å²) >= 11 is 3.16. The summed E-state index contributed by atoms with van der Waals surface area (Å²) in [4.78, 5) is 3.94. The number of hydrogen-bond acceptors (Lipinski definition) is 2. The van der Waals surface area contributed by atoms with Gasteiger partial charge in [0.2, 0.25) is 0 Å². The van der Waals surface area contributed by atoms with Crippen molar-refractivity contribution in [3.05, 3.63) is 28.6 Å². The van der Waals surface area contributed by atoms with E-state index in [0.29, 0.717) is 11.0 Å². The zero-order chi connectivity index (χ0) is 10.7. The Morgan fingerprint density at radius 2 is 2.29 bits per heavy atom. The molecule has 14 heavy (non-hydrogen) atoms. The van der Waals surface area contributed by atoms with Gasteiger partial charge in [-0.25, -0.2) is 8.78 Å². The molecule has 2 nitrogen and oxygen atoms in total. The smallest absolute Gasteiger partial charge is 0.257 e. The van der Waals surface area contributed by atoms with Gasteiger partial charge in [0, 0.05) is 11.0 Å². The molecule has 0 bridgehead atoms. The van der Waals surface area contributed by atoms with Gasteiger partial charge in [-0.15, -0.1) is 0 Å². The first kappa shape index (κ1) is 11.1. The summed E-state index contributed by atoms with van der Waals surface area (Å²) in [5.41, 5.74) is 0.538. The van der Waals surface area contributed by atoms with Gasteiger partial charge in [-0.3, -0.25) is 4.98 Å². The molecule has 0 saturated heterocycles. The maximum absolute atomic E-state index is 12.5. The first-order valence-electron chi connectivity index (χ1n) is 3.84. The van der Waals surface area contributed by atoms with Gasteiger partial charge in [0.1, 0.15) is 0 Å². The van der Waals surface area contributed by atoms with Crippen LogP contribution in [0.5, 0.6) is 0 Å². The largest absolute Gasteiger partial charge is 0.266 e. The molecule has 0 aliphatic carbocycles. The summed E-state index contributed by atoms with van der Waals surface area (Å²) in [6.45, 7) is 1.48. The molecule has 0 saturated carbocycles. The fourth-order valence-electron chi connectivity index (χ4n) is 1.18.